The van der Waals surface area contributed by atoms with Crippen molar-refractivity contribution >= 4 is 29.4 Å². The number of rotatable bonds is 7. The maximum Gasteiger partial charge on any atom is 0.338 e. The van der Waals surface area contributed by atoms with Crippen LogP contribution in [0.1, 0.15) is 34.6 Å². The number of nitrogens with zero attached hydrogens (tertiary/aromatic N) is 2. The molecule has 1 atom stereocenters. The summed E-state index contributed by atoms with van der Waals surface area (Å²) < 4.78 is 23.7. The van der Waals surface area contributed by atoms with Crippen LogP contribution in [0.15, 0.2) is 80.1 Å². The summed E-state index contributed by atoms with van der Waals surface area (Å²) in [6.07, 6.45) is 1.59. The largest absolute Gasteiger partial charge is 0.497 e. The van der Waals surface area contributed by atoms with Gasteiger partial charge in [-0.15, -0.1) is 0 Å². The molecule has 0 bridgehead atoms. The predicted octanol–water partition coefficient (Wildman–Crippen LogP) is 3.38. The summed E-state index contributed by atoms with van der Waals surface area (Å²) in [6.45, 7) is 1.69. The molecule has 0 unspecified atom stereocenters. The number of methoxy groups -OCH3 is 3. The van der Waals surface area contributed by atoms with Gasteiger partial charge in [0.1, 0.15) is 29.1 Å². The van der Waals surface area contributed by atoms with E-state index in [9.17, 15) is 19.5 Å². The standard InChI is InChI=1S/C29H24N2O8S/c1-15-24(28(35)38-4)25(20-10-8-18(36-2)13-22(20)37-3)31-26(32)23(40-29(31)30-15)14-19-9-11-21(39-19)16-6-5-7-17(12-16)27(33)34/h5-14,25H,1-4H3,(H,33,34)/t25-/m0/s1. The maximum absolute atomic E-state index is 13.8. The number of thiazole rings is 1. The van der Waals surface area contributed by atoms with Crippen LogP contribution in [0.2, 0.25) is 0 Å². The first-order valence-corrected chi connectivity index (χ1v) is 12.8. The van der Waals surface area contributed by atoms with Gasteiger partial charge in [-0.3, -0.25) is 9.36 Å². The number of aromatic carboxylic acids is 1. The first kappa shape index (κ1) is 26.7. The van der Waals surface area contributed by atoms with E-state index in [1.54, 1.807) is 55.5 Å². The summed E-state index contributed by atoms with van der Waals surface area (Å²) in [5.74, 6) is 0.164. The van der Waals surface area contributed by atoms with Gasteiger partial charge in [0.2, 0.25) is 0 Å². The number of carbonyl (C=O) groups excluding carboxylic acids is 1. The number of carboxylic acid groups (broad SMARTS) is 1. The van der Waals surface area contributed by atoms with Crippen molar-refractivity contribution in [3.05, 3.63) is 102 Å². The molecule has 1 aliphatic rings. The molecular weight excluding hydrogens is 536 g/mol. The average molecular weight is 561 g/mol. The van der Waals surface area contributed by atoms with E-state index in [0.717, 1.165) is 11.3 Å². The van der Waals surface area contributed by atoms with Crippen LogP contribution in [0.25, 0.3) is 17.4 Å². The highest BCUT2D eigenvalue weighted by molar-refractivity contribution is 7.07. The second kappa shape index (κ2) is 10.7. The molecule has 2 aromatic carbocycles. The van der Waals surface area contributed by atoms with Gasteiger partial charge in [0.15, 0.2) is 4.80 Å². The van der Waals surface area contributed by atoms with Crippen LogP contribution in [0.4, 0.5) is 0 Å². The number of aromatic nitrogens is 1. The van der Waals surface area contributed by atoms with Gasteiger partial charge >= 0.3 is 11.9 Å². The van der Waals surface area contributed by atoms with Gasteiger partial charge < -0.3 is 23.7 Å². The smallest absolute Gasteiger partial charge is 0.338 e. The van der Waals surface area contributed by atoms with E-state index in [1.807, 2.05) is 0 Å². The Morgan fingerprint density at radius 3 is 2.58 bits per heavy atom. The van der Waals surface area contributed by atoms with E-state index in [2.05, 4.69) is 4.99 Å². The number of allylic oxidation sites excluding steroid dienone is 1. The van der Waals surface area contributed by atoms with E-state index in [0.29, 0.717) is 49.2 Å². The number of esters is 1. The van der Waals surface area contributed by atoms with Crippen molar-refractivity contribution in [3.63, 3.8) is 0 Å². The Morgan fingerprint density at radius 2 is 1.88 bits per heavy atom. The van der Waals surface area contributed by atoms with E-state index in [4.69, 9.17) is 18.6 Å². The summed E-state index contributed by atoms with van der Waals surface area (Å²) in [5, 5.41) is 9.29. The Bertz CT molecular complexity index is 1860. The molecule has 1 N–H and O–H groups in total. The first-order chi connectivity index (χ1) is 19.2. The molecule has 0 radical (unpaired) electrons. The van der Waals surface area contributed by atoms with Crippen molar-refractivity contribution in [2.75, 3.05) is 21.3 Å². The predicted molar refractivity (Wildman–Crippen MR) is 146 cm³/mol. The molecule has 40 heavy (non-hydrogen) atoms. The third-order valence-electron chi connectivity index (χ3n) is 6.46. The highest BCUT2D eigenvalue weighted by Crippen LogP contribution is 2.37. The monoisotopic (exact) mass is 560 g/mol. The molecule has 4 aromatic rings. The lowest BCUT2D eigenvalue weighted by Gasteiger charge is -2.25. The molecule has 10 nitrogen and oxygen atoms in total. The lowest BCUT2D eigenvalue weighted by Crippen LogP contribution is -2.40. The van der Waals surface area contributed by atoms with Gasteiger partial charge in [0, 0.05) is 23.3 Å². The molecule has 1 aliphatic heterocycles. The number of ether oxygens (including phenoxy) is 3. The highest BCUT2D eigenvalue weighted by Gasteiger charge is 2.35. The van der Waals surface area contributed by atoms with Crippen molar-refractivity contribution in [1.82, 2.24) is 4.57 Å². The zero-order valence-electron chi connectivity index (χ0n) is 22.0. The highest BCUT2D eigenvalue weighted by atomic mass is 32.1. The lowest BCUT2D eigenvalue weighted by molar-refractivity contribution is -0.136. The van der Waals surface area contributed by atoms with Crippen molar-refractivity contribution in [2.24, 2.45) is 4.99 Å². The van der Waals surface area contributed by atoms with E-state index >= 15 is 0 Å². The van der Waals surface area contributed by atoms with Gasteiger partial charge in [0.25, 0.3) is 5.56 Å². The summed E-state index contributed by atoms with van der Waals surface area (Å²) in [5.41, 5.74) is 1.53. The normalized spacial score (nSPS) is 14.9. The van der Waals surface area contributed by atoms with Crippen molar-refractivity contribution in [3.8, 4) is 22.8 Å². The minimum absolute atomic E-state index is 0.134. The van der Waals surface area contributed by atoms with Gasteiger partial charge in [-0.05, 0) is 43.3 Å². The zero-order chi connectivity index (χ0) is 28.6. The van der Waals surface area contributed by atoms with Crippen molar-refractivity contribution < 1.29 is 33.3 Å². The van der Waals surface area contributed by atoms with Gasteiger partial charge in [-0.2, -0.15) is 0 Å². The summed E-state index contributed by atoms with van der Waals surface area (Å²) >= 11 is 1.15. The maximum atomic E-state index is 13.8. The Hall–Kier alpha value is -4.90. The van der Waals surface area contributed by atoms with Crippen LogP contribution in [-0.2, 0) is 9.53 Å². The minimum Gasteiger partial charge on any atom is -0.497 e. The molecule has 3 heterocycles. The minimum atomic E-state index is -1.04. The Balaban J connectivity index is 1.65. The fourth-order valence-corrected chi connectivity index (χ4v) is 5.58. The van der Waals surface area contributed by atoms with Crippen LogP contribution in [0, 0.1) is 0 Å². The van der Waals surface area contributed by atoms with E-state index in [1.165, 1.54) is 38.0 Å². The van der Waals surface area contributed by atoms with Gasteiger partial charge in [-0.25, -0.2) is 14.6 Å². The lowest BCUT2D eigenvalue weighted by atomic mass is 9.95. The van der Waals surface area contributed by atoms with Crippen LogP contribution >= 0.6 is 11.3 Å². The van der Waals surface area contributed by atoms with Gasteiger partial charge in [-0.1, -0.05) is 23.5 Å². The Labute approximate surface area is 231 Å². The van der Waals surface area contributed by atoms with Crippen LogP contribution in [0.5, 0.6) is 11.5 Å². The second-order valence-electron chi connectivity index (χ2n) is 8.77. The molecule has 0 aliphatic carbocycles. The zero-order valence-corrected chi connectivity index (χ0v) is 22.8. The molecule has 204 valence electrons. The average Bonchev–Trinajstić information content (AvgIpc) is 3.55. The number of carbonyl (C=O) groups is 2. The van der Waals surface area contributed by atoms with Crippen LogP contribution in [0.3, 0.4) is 0 Å². The number of hydrogen-bond donors (Lipinski definition) is 1. The molecule has 0 spiro atoms. The number of furan rings is 1. The van der Waals surface area contributed by atoms with E-state index in [-0.39, 0.29) is 16.7 Å². The third kappa shape index (κ3) is 4.71. The fraction of sp³-hybridized carbons (Fsp3) is 0.172. The van der Waals surface area contributed by atoms with Gasteiger partial charge in [0.05, 0.1) is 42.7 Å². The second-order valence-corrected chi connectivity index (χ2v) is 9.78. The quantitative estimate of drug-likeness (QED) is 0.341. The number of benzene rings is 2. The molecule has 11 heteroatoms. The molecule has 0 saturated carbocycles. The molecular formula is C29H24N2O8S. The molecule has 2 aromatic heterocycles. The number of carboxylic acids is 1. The summed E-state index contributed by atoms with van der Waals surface area (Å²) in [7, 11) is 4.30. The third-order valence-corrected chi connectivity index (χ3v) is 7.44. The van der Waals surface area contributed by atoms with Crippen molar-refractivity contribution in [2.45, 2.75) is 13.0 Å². The fourth-order valence-electron chi connectivity index (χ4n) is 4.55. The molecule has 5 rings (SSSR count). The molecule has 0 amide bonds. The van der Waals surface area contributed by atoms with E-state index < -0.39 is 18.0 Å². The number of hydrogen-bond acceptors (Lipinski definition) is 9. The summed E-state index contributed by atoms with van der Waals surface area (Å²) in [6, 6.07) is 14.1. The topological polar surface area (TPSA) is 130 Å². The molecule has 0 fully saturated rings. The van der Waals surface area contributed by atoms with Crippen molar-refractivity contribution in [1.29, 1.82) is 0 Å². The summed E-state index contributed by atoms with van der Waals surface area (Å²) in [4.78, 5) is 43.0. The van der Waals surface area contributed by atoms with Crippen LogP contribution in [-0.4, -0.2) is 42.9 Å². The number of fused-ring (bicyclic) bond motifs is 1. The Morgan fingerprint density at radius 1 is 1.07 bits per heavy atom. The molecule has 0 saturated heterocycles. The SMILES string of the molecule is COC(=O)C1=C(C)N=c2sc(=Cc3ccc(-c4cccc(C(=O)O)c4)o3)c(=O)n2[C@H]1c1ccc(OC)cc1OC. The van der Waals surface area contributed by atoms with Crippen LogP contribution < -0.4 is 24.4 Å². The Kier molecular flexibility index (Phi) is 7.14. The first-order valence-electron chi connectivity index (χ1n) is 12.0.